The SMILES string of the molecule is Clc1ccc(Nc2nc(Nc3ccc(Cl)cc3)nc(Sc3nc4ccccc4s3)n2)cc1. The maximum Gasteiger partial charge on any atom is 0.233 e. The first kappa shape index (κ1) is 21.0. The first-order valence-electron chi connectivity index (χ1n) is 9.45. The number of nitrogens with zero attached hydrogens (tertiary/aromatic N) is 4. The number of hydrogen-bond acceptors (Lipinski definition) is 8. The normalized spacial score (nSPS) is 10.9. The highest BCUT2D eigenvalue weighted by atomic mass is 35.5. The van der Waals surface area contributed by atoms with Crippen molar-refractivity contribution >= 4 is 79.8 Å². The Labute approximate surface area is 202 Å². The smallest absolute Gasteiger partial charge is 0.233 e. The molecule has 6 nitrogen and oxygen atoms in total. The minimum atomic E-state index is 0.405. The molecule has 0 aliphatic rings. The van der Waals surface area contributed by atoms with Crippen LogP contribution in [-0.4, -0.2) is 19.9 Å². The molecule has 0 aliphatic carbocycles. The molecule has 5 rings (SSSR count). The summed E-state index contributed by atoms with van der Waals surface area (Å²) in [6, 6.07) is 22.7. The van der Waals surface area contributed by atoms with Crippen LogP contribution in [0.3, 0.4) is 0 Å². The van der Waals surface area contributed by atoms with Gasteiger partial charge in [0.25, 0.3) is 0 Å². The van der Waals surface area contributed by atoms with E-state index in [9.17, 15) is 0 Å². The minimum absolute atomic E-state index is 0.405. The lowest BCUT2D eigenvalue weighted by Gasteiger charge is -2.10. The van der Waals surface area contributed by atoms with Crippen molar-refractivity contribution in [2.45, 2.75) is 9.50 Å². The summed E-state index contributed by atoms with van der Waals surface area (Å²) in [6.45, 7) is 0. The van der Waals surface area contributed by atoms with Crippen molar-refractivity contribution < 1.29 is 0 Å². The van der Waals surface area contributed by atoms with E-state index in [2.05, 4.69) is 30.6 Å². The van der Waals surface area contributed by atoms with Crippen LogP contribution in [0.1, 0.15) is 0 Å². The molecule has 2 aromatic heterocycles. The van der Waals surface area contributed by atoms with Gasteiger partial charge in [-0.3, -0.25) is 0 Å². The van der Waals surface area contributed by atoms with E-state index < -0.39 is 0 Å². The zero-order valence-corrected chi connectivity index (χ0v) is 19.4. The Morgan fingerprint density at radius 1 is 0.656 bits per heavy atom. The number of fused-ring (bicyclic) bond motifs is 1. The van der Waals surface area contributed by atoms with Gasteiger partial charge < -0.3 is 10.6 Å². The summed E-state index contributed by atoms with van der Waals surface area (Å²) in [5, 5.41) is 8.25. The van der Waals surface area contributed by atoms with Gasteiger partial charge in [-0.25, -0.2) is 4.98 Å². The summed E-state index contributed by atoms with van der Waals surface area (Å²) in [4.78, 5) is 18.3. The van der Waals surface area contributed by atoms with E-state index in [-0.39, 0.29) is 0 Å². The second kappa shape index (κ2) is 9.30. The highest BCUT2D eigenvalue weighted by Gasteiger charge is 2.12. The molecule has 2 heterocycles. The van der Waals surface area contributed by atoms with Gasteiger partial charge in [-0.15, -0.1) is 11.3 Å². The van der Waals surface area contributed by atoms with E-state index in [1.54, 1.807) is 35.6 Å². The Hall–Kier alpha value is -2.91. The molecule has 0 radical (unpaired) electrons. The molecule has 2 N–H and O–H groups in total. The summed E-state index contributed by atoms with van der Waals surface area (Å²) < 4.78 is 1.97. The molecular formula is C22H14Cl2N6S2. The predicted molar refractivity (Wildman–Crippen MR) is 133 cm³/mol. The number of benzene rings is 3. The van der Waals surface area contributed by atoms with Gasteiger partial charge >= 0.3 is 0 Å². The van der Waals surface area contributed by atoms with Crippen LogP contribution in [0, 0.1) is 0 Å². The Balaban J connectivity index is 1.47. The fourth-order valence-corrected chi connectivity index (χ4v) is 4.98. The third kappa shape index (κ3) is 5.11. The van der Waals surface area contributed by atoms with Crippen molar-refractivity contribution in [1.29, 1.82) is 0 Å². The molecule has 32 heavy (non-hydrogen) atoms. The van der Waals surface area contributed by atoms with Gasteiger partial charge in [-0.1, -0.05) is 35.3 Å². The Morgan fingerprint density at radius 3 is 1.78 bits per heavy atom. The zero-order valence-electron chi connectivity index (χ0n) is 16.3. The second-order valence-electron chi connectivity index (χ2n) is 6.58. The van der Waals surface area contributed by atoms with Gasteiger partial charge in [-0.2, -0.15) is 15.0 Å². The molecule has 0 spiro atoms. The first-order chi connectivity index (χ1) is 15.6. The molecular weight excluding hydrogens is 483 g/mol. The molecule has 0 bridgehead atoms. The number of halogens is 2. The molecule has 158 valence electrons. The van der Waals surface area contributed by atoms with Crippen LogP contribution in [0.25, 0.3) is 10.2 Å². The molecule has 0 saturated heterocycles. The van der Waals surface area contributed by atoms with E-state index in [4.69, 9.17) is 23.2 Å². The fourth-order valence-electron chi connectivity index (χ4n) is 2.81. The molecule has 0 saturated carbocycles. The number of rotatable bonds is 6. The standard InChI is InChI=1S/C22H14Cl2N6S2/c23-13-5-9-15(10-6-13)25-19-28-20(26-16-11-7-14(24)8-12-16)30-21(29-19)32-22-27-17-3-1-2-4-18(17)31-22/h1-12H,(H2,25,26,28,29,30). The van der Waals surface area contributed by atoms with Crippen LogP contribution in [0.4, 0.5) is 23.3 Å². The van der Waals surface area contributed by atoms with Crippen LogP contribution in [-0.2, 0) is 0 Å². The Kier molecular flexibility index (Phi) is 6.09. The summed E-state index contributed by atoms with van der Waals surface area (Å²) in [7, 11) is 0. The third-order valence-corrected chi connectivity index (χ3v) is 6.73. The van der Waals surface area contributed by atoms with E-state index >= 15 is 0 Å². The molecule has 3 aromatic carbocycles. The molecule has 0 aliphatic heterocycles. The zero-order chi connectivity index (χ0) is 21.9. The highest BCUT2D eigenvalue weighted by Crippen LogP contribution is 2.33. The molecule has 10 heteroatoms. The van der Waals surface area contributed by atoms with Gasteiger partial charge in [0.2, 0.25) is 17.1 Å². The topological polar surface area (TPSA) is 75.6 Å². The summed E-state index contributed by atoms with van der Waals surface area (Å²) in [5.74, 6) is 0.810. The molecule has 0 amide bonds. The summed E-state index contributed by atoms with van der Waals surface area (Å²) >= 11 is 15.0. The van der Waals surface area contributed by atoms with E-state index in [0.29, 0.717) is 27.1 Å². The second-order valence-corrected chi connectivity index (χ2v) is 9.70. The highest BCUT2D eigenvalue weighted by molar-refractivity contribution is 8.01. The van der Waals surface area contributed by atoms with Crippen LogP contribution >= 0.6 is 46.3 Å². The number of para-hydroxylation sites is 1. The van der Waals surface area contributed by atoms with Gasteiger partial charge in [0.15, 0.2) is 4.34 Å². The maximum absolute atomic E-state index is 5.99. The van der Waals surface area contributed by atoms with Crippen LogP contribution < -0.4 is 10.6 Å². The third-order valence-electron chi connectivity index (χ3n) is 4.27. The minimum Gasteiger partial charge on any atom is -0.324 e. The van der Waals surface area contributed by atoms with E-state index in [1.165, 1.54) is 11.8 Å². The quantitative estimate of drug-likeness (QED) is 0.253. The predicted octanol–water partition coefficient (Wildman–Crippen LogP) is 7.43. The number of hydrogen-bond donors (Lipinski definition) is 2. The monoisotopic (exact) mass is 496 g/mol. The Bertz CT molecular complexity index is 1280. The van der Waals surface area contributed by atoms with Crippen molar-refractivity contribution in [2.24, 2.45) is 0 Å². The first-order valence-corrected chi connectivity index (χ1v) is 11.8. The summed E-state index contributed by atoms with van der Waals surface area (Å²) in [5.41, 5.74) is 2.58. The molecule has 0 unspecified atom stereocenters. The molecule has 5 aromatic rings. The van der Waals surface area contributed by atoms with Crippen molar-refractivity contribution in [3.63, 3.8) is 0 Å². The van der Waals surface area contributed by atoms with Gasteiger partial charge in [0.1, 0.15) is 0 Å². The number of thiazole rings is 1. The lowest BCUT2D eigenvalue weighted by Crippen LogP contribution is -2.05. The van der Waals surface area contributed by atoms with Crippen LogP contribution in [0.2, 0.25) is 10.0 Å². The number of nitrogens with one attached hydrogen (secondary N) is 2. The van der Waals surface area contributed by atoms with Gasteiger partial charge in [0, 0.05) is 21.4 Å². The average Bonchev–Trinajstić information content (AvgIpc) is 3.19. The number of anilines is 4. The largest absolute Gasteiger partial charge is 0.324 e. The Morgan fingerprint density at radius 2 is 1.22 bits per heavy atom. The maximum atomic E-state index is 5.99. The van der Waals surface area contributed by atoms with Gasteiger partial charge in [0.05, 0.1) is 10.2 Å². The molecule has 0 atom stereocenters. The van der Waals surface area contributed by atoms with E-state index in [0.717, 1.165) is 25.9 Å². The van der Waals surface area contributed by atoms with Crippen molar-refractivity contribution in [1.82, 2.24) is 19.9 Å². The van der Waals surface area contributed by atoms with Crippen LogP contribution in [0.5, 0.6) is 0 Å². The lowest BCUT2D eigenvalue weighted by atomic mass is 10.3. The average molecular weight is 497 g/mol. The van der Waals surface area contributed by atoms with E-state index in [1.807, 2.05) is 48.5 Å². The fraction of sp³-hybridized carbons (Fsp3) is 0. The number of aromatic nitrogens is 4. The van der Waals surface area contributed by atoms with Gasteiger partial charge in [-0.05, 0) is 72.4 Å². The van der Waals surface area contributed by atoms with Crippen molar-refractivity contribution in [3.05, 3.63) is 82.8 Å². The lowest BCUT2D eigenvalue weighted by molar-refractivity contribution is 0.919. The molecule has 0 fully saturated rings. The van der Waals surface area contributed by atoms with Crippen LogP contribution in [0.15, 0.2) is 82.3 Å². The van der Waals surface area contributed by atoms with Crippen molar-refractivity contribution in [3.8, 4) is 0 Å². The summed E-state index contributed by atoms with van der Waals surface area (Å²) in [6.07, 6.45) is 0. The van der Waals surface area contributed by atoms with Crippen molar-refractivity contribution in [2.75, 3.05) is 10.6 Å².